The molecule has 1 rings (SSSR count). The number of carbonyl (C=O) groups is 2. The Morgan fingerprint density at radius 3 is 1.74 bits per heavy atom. The van der Waals surface area contributed by atoms with Gasteiger partial charge in [0.2, 0.25) is 0 Å². The van der Waals surface area contributed by atoms with Crippen LogP contribution < -0.4 is 11.5 Å². The van der Waals surface area contributed by atoms with Crippen LogP contribution in [0.2, 0.25) is 0 Å². The molecule has 0 radical (unpaired) electrons. The van der Waals surface area contributed by atoms with Gasteiger partial charge in [0.05, 0.1) is 0 Å². The zero-order valence-corrected chi connectivity index (χ0v) is 16.3. The van der Waals surface area contributed by atoms with Crippen molar-refractivity contribution >= 4 is 11.9 Å². The van der Waals surface area contributed by atoms with Crippen molar-refractivity contribution in [2.45, 2.75) is 58.0 Å². The van der Waals surface area contributed by atoms with Gasteiger partial charge in [-0.1, -0.05) is 20.3 Å². The maximum Gasteiger partial charge on any atom is 0.317 e. The number of carboxylic acids is 2. The van der Waals surface area contributed by atoms with Crippen molar-refractivity contribution in [3.8, 4) is 0 Å². The molecular weight excluding hydrogens is 481 g/mol. The summed E-state index contributed by atoms with van der Waals surface area (Å²) in [6, 6.07) is 0.620. The van der Waals surface area contributed by atoms with E-state index in [0.717, 1.165) is 38.9 Å². The fraction of sp³-hybridized carbons (Fsp3) is 0.867. The molecule has 23 heavy (non-hydrogen) atoms. The molecule has 7 nitrogen and oxygen atoms in total. The van der Waals surface area contributed by atoms with Gasteiger partial charge in [0.1, 0.15) is 0 Å². The molecular formula is C15H31N3O4Pt. The van der Waals surface area contributed by atoms with E-state index in [1.165, 1.54) is 0 Å². The number of nitrogens with zero attached hydrogens (tertiary/aromatic N) is 1. The van der Waals surface area contributed by atoms with Crippen molar-refractivity contribution in [3.05, 3.63) is 0 Å². The van der Waals surface area contributed by atoms with E-state index in [1.807, 2.05) is 0 Å². The van der Waals surface area contributed by atoms with Gasteiger partial charge in [0, 0.05) is 33.1 Å². The molecule has 1 fully saturated rings. The van der Waals surface area contributed by atoms with E-state index in [4.69, 9.17) is 21.7 Å². The fourth-order valence-corrected chi connectivity index (χ4v) is 2.13. The number of nitrogens with two attached hydrogens (primary N) is 2. The minimum atomic E-state index is -1.25. The standard InChI is InChI=1S/C11H21NO4.C4H10N2.Pt/c1-3-12(4-2)8-6-5-7-9(10(13)14)11(15)16;5-3-1-2-4(3)6;/h9H,3-8H2,1-2H3,(H,13,14)(H,15,16);3-4H,1-2,5-6H2;/t;3-,4-;/m.1./s1. The number of unbranched alkanes of at least 4 members (excludes halogenated alkanes) is 1. The second-order valence-corrected chi connectivity index (χ2v) is 5.66. The van der Waals surface area contributed by atoms with Gasteiger partial charge in [0.15, 0.2) is 5.92 Å². The Labute approximate surface area is 153 Å². The van der Waals surface area contributed by atoms with Gasteiger partial charge in [-0.3, -0.25) is 9.59 Å². The molecule has 0 aromatic heterocycles. The molecule has 0 aromatic carbocycles. The summed E-state index contributed by atoms with van der Waals surface area (Å²) in [6.07, 6.45) is 3.95. The molecule has 0 spiro atoms. The molecule has 1 aliphatic rings. The third kappa shape index (κ3) is 10.8. The molecule has 0 amide bonds. The Balaban J connectivity index is 0. The maximum atomic E-state index is 10.6. The summed E-state index contributed by atoms with van der Waals surface area (Å²) in [5, 5.41) is 17.3. The molecule has 0 saturated heterocycles. The molecule has 2 atom stereocenters. The second-order valence-electron chi connectivity index (χ2n) is 5.66. The number of hydrogen-bond acceptors (Lipinski definition) is 5. The van der Waals surface area contributed by atoms with Crippen LogP contribution in [-0.4, -0.2) is 58.8 Å². The Kier molecular flexibility index (Phi) is 15.0. The van der Waals surface area contributed by atoms with Gasteiger partial charge >= 0.3 is 11.9 Å². The van der Waals surface area contributed by atoms with E-state index in [2.05, 4.69) is 18.7 Å². The van der Waals surface area contributed by atoms with E-state index < -0.39 is 17.9 Å². The van der Waals surface area contributed by atoms with Crippen LogP contribution in [0.3, 0.4) is 0 Å². The van der Waals surface area contributed by atoms with Crippen molar-refractivity contribution in [3.63, 3.8) is 0 Å². The number of rotatable bonds is 9. The van der Waals surface area contributed by atoms with E-state index in [9.17, 15) is 9.59 Å². The van der Waals surface area contributed by atoms with Gasteiger partial charge in [-0.25, -0.2) is 0 Å². The molecule has 6 N–H and O–H groups in total. The summed E-state index contributed by atoms with van der Waals surface area (Å²) in [7, 11) is 0. The molecule has 1 saturated carbocycles. The van der Waals surface area contributed by atoms with Crippen LogP contribution in [0.4, 0.5) is 0 Å². The van der Waals surface area contributed by atoms with E-state index in [0.29, 0.717) is 18.5 Å². The predicted octanol–water partition coefficient (Wildman–Crippen LogP) is 0.716. The Morgan fingerprint density at radius 1 is 1.04 bits per heavy atom. The van der Waals surface area contributed by atoms with Crippen LogP contribution in [0, 0.1) is 5.92 Å². The molecule has 1 aliphatic carbocycles. The Morgan fingerprint density at radius 2 is 1.48 bits per heavy atom. The first-order chi connectivity index (χ1) is 10.3. The third-order valence-electron chi connectivity index (χ3n) is 4.09. The van der Waals surface area contributed by atoms with E-state index in [1.54, 1.807) is 0 Å². The monoisotopic (exact) mass is 512 g/mol. The maximum absolute atomic E-state index is 10.6. The molecule has 0 aliphatic heterocycles. The minimum Gasteiger partial charge on any atom is -0.481 e. The third-order valence-corrected chi connectivity index (χ3v) is 4.09. The molecule has 0 bridgehead atoms. The summed E-state index contributed by atoms with van der Waals surface area (Å²) < 4.78 is 0. The van der Waals surface area contributed by atoms with Gasteiger partial charge in [-0.15, -0.1) is 0 Å². The normalized spacial score (nSPS) is 19.4. The molecule has 8 heteroatoms. The van der Waals surface area contributed by atoms with Crippen molar-refractivity contribution in [1.82, 2.24) is 4.90 Å². The smallest absolute Gasteiger partial charge is 0.317 e. The predicted molar refractivity (Wildman–Crippen MR) is 85.6 cm³/mol. The Hall–Kier alpha value is -0.492. The van der Waals surface area contributed by atoms with Crippen molar-refractivity contribution in [2.75, 3.05) is 19.6 Å². The first-order valence-corrected chi connectivity index (χ1v) is 8.02. The summed E-state index contributed by atoms with van der Waals surface area (Å²) in [4.78, 5) is 23.4. The summed E-state index contributed by atoms with van der Waals surface area (Å²) >= 11 is 0. The summed E-state index contributed by atoms with van der Waals surface area (Å²) in [5.41, 5.74) is 10.8. The van der Waals surface area contributed by atoms with Gasteiger partial charge < -0.3 is 26.6 Å². The van der Waals surface area contributed by atoms with Crippen LogP contribution in [-0.2, 0) is 30.7 Å². The van der Waals surface area contributed by atoms with Crippen LogP contribution >= 0.6 is 0 Å². The zero-order valence-electron chi connectivity index (χ0n) is 14.0. The van der Waals surface area contributed by atoms with Gasteiger partial charge in [0.25, 0.3) is 0 Å². The Bertz CT molecular complexity index is 319. The van der Waals surface area contributed by atoms with Crippen LogP contribution in [0.1, 0.15) is 46.0 Å². The van der Waals surface area contributed by atoms with E-state index >= 15 is 0 Å². The molecule has 0 heterocycles. The van der Waals surface area contributed by atoms with Crippen LogP contribution in [0.25, 0.3) is 0 Å². The molecule has 0 unspecified atom stereocenters. The van der Waals surface area contributed by atoms with Crippen LogP contribution in [0.15, 0.2) is 0 Å². The van der Waals surface area contributed by atoms with Crippen molar-refractivity contribution in [1.29, 1.82) is 0 Å². The average molecular weight is 513 g/mol. The minimum absolute atomic E-state index is 0. The quantitative estimate of drug-likeness (QED) is 0.265. The summed E-state index contributed by atoms with van der Waals surface area (Å²) in [5.74, 6) is -3.73. The number of aliphatic carboxylic acids is 2. The average Bonchev–Trinajstić information content (AvgIpc) is 2.48. The first-order valence-electron chi connectivity index (χ1n) is 8.02. The van der Waals surface area contributed by atoms with Crippen LogP contribution in [0.5, 0.6) is 0 Å². The molecule has 0 aromatic rings. The fourth-order valence-electron chi connectivity index (χ4n) is 2.13. The first kappa shape index (κ1) is 24.8. The summed E-state index contributed by atoms with van der Waals surface area (Å²) in [6.45, 7) is 6.98. The zero-order chi connectivity index (χ0) is 17.1. The van der Waals surface area contributed by atoms with Crippen molar-refractivity contribution < 1.29 is 40.9 Å². The number of carboxylic acid groups (broad SMARTS) is 2. The van der Waals surface area contributed by atoms with Crippen molar-refractivity contribution in [2.24, 2.45) is 17.4 Å². The topological polar surface area (TPSA) is 130 Å². The van der Waals surface area contributed by atoms with Gasteiger partial charge in [-0.05, 0) is 45.3 Å². The van der Waals surface area contributed by atoms with E-state index in [-0.39, 0.29) is 27.5 Å². The SMILES string of the molecule is CCN(CC)CCCCC(C(=O)O)C(=O)O.N[C@@H]1CC[C@H]1N.[Pt]. The van der Waals surface area contributed by atoms with Gasteiger partial charge in [-0.2, -0.15) is 0 Å². The molecule has 140 valence electrons. The largest absolute Gasteiger partial charge is 0.481 e. The second kappa shape index (κ2) is 13.9. The number of hydrogen-bond donors (Lipinski definition) is 4.